The van der Waals surface area contributed by atoms with Crippen molar-refractivity contribution in [1.29, 1.82) is 0 Å². The van der Waals surface area contributed by atoms with E-state index in [2.05, 4.69) is 11.1 Å². The maximum Gasteiger partial charge on any atom is 0.269 e. The Kier molecular flexibility index (Phi) is 9.42. The number of benzene rings is 3. The van der Waals surface area contributed by atoms with Crippen LogP contribution < -0.4 is 0 Å². The van der Waals surface area contributed by atoms with E-state index >= 15 is 0 Å². The van der Waals surface area contributed by atoms with Crippen LogP contribution in [0.25, 0.3) is 10.9 Å². The van der Waals surface area contributed by atoms with Gasteiger partial charge >= 0.3 is 0 Å². The molecule has 1 aromatic heterocycles. The van der Waals surface area contributed by atoms with Gasteiger partial charge in [-0.2, -0.15) is 0 Å². The van der Waals surface area contributed by atoms with Crippen molar-refractivity contribution in [3.63, 3.8) is 0 Å². The van der Waals surface area contributed by atoms with Crippen molar-refractivity contribution in [2.24, 2.45) is 0 Å². The first-order valence-electron chi connectivity index (χ1n) is 12.9. The highest BCUT2D eigenvalue weighted by molar-refractivity contribution is 5.96. The molecule has 0 aliphatic carbocycles. The molecule has 0 aliphatic heterocycles. The smallest absolute Gasteiger partial charge is 0.269 e. The molecule has 0 atom stereocenters. The van der Waals surface area contributed by atoms with Crippen molar-refractivity contribution < 1.29 is 19.2 Å². The SMILES string of the molecule is COCCCN(CC(=O)N(CCc1c[nH]c2ccccc12)Cc1ccccc1)C(=O)c1ccc([N+](=O)[O-])cc1. The Morgan fingerprint density at radius 1 is 0.923 bits per heavy atom. The highest BCUT2D eigenvalue weighted by Crippen LogP contribution is 2.19. The molecule has 3 aromatic carbocycles. The molecule has 202 valence electrons. The Morgan fingerprint density at radius 3 is 2.36 bits per heavy atom. The van der Waals surface area contributed by atoms with Gasteiger partial charge in [0.1, 0.15) is 6.54 Å². The van der Waals surface area contributed by atoms with Crippen LogP contribution in [-0.4, -0.2) is 64.9 Å². The molecule has 0 saturated heterocycles. The van der Waals surface area contributed by atoms with Gasteiger partial charge in [-0.3, -0.25) is 19.7 Å². The Labute approximate surface area is 227 Å². The number of amides is 2. The van der Waals surface area contributed by atoms with E-state index in [-0.39, 0.29) is 24.0 Å². The second-order valence-electron chi connectivity index (χ2n) is 9.29. The second-order valence-corrected chi connectivity index (χ2v) is 9.29. The summed E-state index contributed by atoms with van der Waals surface area (Å²) in [5.74, 6) is -0.531. The molecule has 39 heavy (non-hydrogen) atoms. The summed E-state index contributed by atoms with van der Waals surface area (Å²) in [5, 5.41) is 12.1. The largest absolute Gasteiger partial charge is 0.385 e. The van der Waals surface area contributed by atoms with Gasteiger partial charge < -0.3 is 19.5 Å². The first kappa shape index (κ1) is 27.5. The lowest BCUT2D eigenvalue weighted by molar-refractivity contribution is -0.384. The molecule has 9 nitrogen and oxygen atoms in total. The highest BCUT2D eigenvalue weighted by atomic mass is 16.6. The molecule has 4 aromatic rings. The number of aromatic nitrogens is 1. The molecule has 4 rings (SSSR count). The molecule has 0 saturated carbocycles. The van der Waals surface area contributed by atoms with Crippen molar-refractivity contribution >= 4 is 28.4 Å². The number of nitrogens with zero attached hydrogens (tertiary/aromatic N) is 3. The monoisotopic (exact) mass is 528 g/mol. The van der Waals surface area contributed by atoms with Crippen LogP contribution in [0.15, 0.2) is 85.1 Å². The summed E-state index contributed by atoms with van der Waals surface area (Å²) in [6.45, 7) is 1.54. The van der Waals surface area contributed by atoms with Gasteiger partial charge in [-0.15, -0.1) is 0 Å². The minimum atomic E-state index is -0.511. The van der Waals surface area contributed by atoms with Crippen molar-refractivity contribution in [2.45, 2.75) is 19.4 Å². The zero-order chi connectivity index (χ0) is 27.6. The zero-order valence-electron chi connectivity index (χ0n) is 21.9. The molecule has 1 N–H and O–H groups in total. The van der Waals surface area contributed by atoms with E-state index in [0.717, 1.165) is 22.0 Å². The maximum atomic E-state index is 13.7. The second kappa shape index (κ2) is 13.3. The van der Waals surface area contributed by atoms with Gasteiger partial charge in [-0.1, -0.05) is 48.5 Å². The number of hydrogen-bond donors (Lipinski definition) is 1. The Morgan fingerprint density at radius 2 is 1.64 bits per heavy atom. The first-order valence-corrected chi connectivity index (χ1v) is 12.9. The normalized spacial score (nSPS) is 10.9. The van der Waals surface area contributed by atoms with E-state index < -0.39 is 4.92 Å². The summed E-state index contributed by atoms with van der Waals surface area (Å²) in [4.78, 5) is 44.1. The van der Waals surface area contributed by atoms with Crippen LogP contribution in [0.5, 0.6) is 0 Å². The first-order chi connectivity index (χ1) is 19.0. The number of nitro groups is 1. The molecule has 0 aliphatic rings. The lowest BCUT2D eigenvalue weighted by Crippen LogP contribution is -2.44. The Bertz CT molecular complexity index is 1400. The fourth-order valence-corrected chi connectivity index (χ4v) is 4.51. The van der Waals surface area contributed by atoms with Crippen LogP contribution in [0.4, 0.5) is 5.69 Å². The summed E-state index contributed by atoms with van der Waals surface area (Å²) in [7, 11) is 1.58. The van der Waals surface area contributed by atoms with E-state index in [4.69, 9.17) is 4.74 Å². The molecule has 0 bridgehead atoms. The summed E-state index contributed by atoms with van der Waals surface area (Å²) in [6, 6.07) is 23.3. The number of fused-ring (bicyclic) bond motifs is 1. The number of methoxy groups -OCH3 is 1. The number of nitro benzene ring substituents is 1. The van der Waals surface area contributed by atoms with E-state index in [9.17, 15) is 19.7 Å². The van der Waals surface area contributed by atoms with Gasteiger partial charge in [0, 0.05) is 68.1 Å². The summed E-state index contributed by atoms with van der Waals surface area (Å²) in [5.41, 5.74) is 3.36. The van der Waals surface area contributed by atoms with Crippen LogP contribution in [0.1, 0.15) is 27.9 Å². The summed E-state index contributed by atoms with van der Waals surface area (Å²) >= 11 is 0. The standard InChI is InChI=1S/C30H32N4O5/c1-39-19-7-17-33(30(36)24-12-14-26(15-13-24)34(37)38)22-29(35)32(21-23-8-3-2-4-9-23)18-16-25-20-31-28-11-6-5-10-27(25)28/h2-6,8-15,20,31H,7,16-19,21-22H2,1H3. The minimum Gasteiger partial charge on any atom is -0.385 e. The summed E-state index contributed by atoms with van der Waals surface area (Å²) < 4.78 is 5.16. The maximum absolute atomic E-state index is 13.7. The number of ether oxygens (including phenoxy) is 1. The third-order valence-corrected chi connectivity index (χ3v) is 6.61. The Balaban J connectivity index is 1.53. The van der Waals surface area contributed by atoms with Gasteiger partial charge in [0.15, 0.2) is 0 Å². The number of aromatic amines is 1. The fourth-order valence-electron chi connectivity index (χ4n) is 4.51. The van der Waals surface area contributed by atoms with Crippen LogP contribution >= 0.6 is 0 Å². The number of carbonyl (C=O) groups is 2. The van der Waals surface area contributed by atoms with Crippen molar-refractivity contribution in [3.05, 3.63) is 112 Å². The van der Waals surface area contributed by atoms with Crippen LogP contribution in [0, 0.1) is 10.1 Å². The van der Waals surface area contributed by atoms with Gasteiger partial charge in [0.2, 0.25) is 5.91 Å². The number of H-pyrrole nitrogens is 1. The van der Waals surface area contributed by atoms with Gasteiger partial charge in [0.05, 0.1) is 4.92 Å². The molecule has 0 unspecified atom stereocenters. The third-order valence-electron chi connectivity index (χ3n) is 6.61. The molecule has 2 amide bonds. The topological polar surface area (TPSA) is 109 Å². The zero-order valence-corrected chi connectivity index (χ0v) is 21.9. The molecule has 0 radical (unpaired) electrons. The number of hydrogen-bond acceptors (Lipinski definition) is 5. The van der Waals surface area contributed by atoms with E-state index in [1.54, 1.807) is 12.0 Å². The Hall–Kier alpha value is -4.50. The predicted molar refractivity (Wildman–Crippen MR) is 149 cm³/mol. The quantitative estimate of drug-likeness (QED) is 0.152. The van der Waals surface area contributed by atoms with Crippen LogP contribution in [0.2, 0.25) is 0 Å². The van der Waals surface area contributed by atoms with Crippen LogP contribution in [0.3, 0.4) is 0 Å². The van der Waals surface area contributed by atoms with Crippen molar-refractivity contribution in [1.82, 2.24) is 14.8 Å². The average molecular weight is 529 g/mol. The lowest BCUT2D eigenvalue weighted by Gasteiger charge is -2.28. The molecular weight excluding hydrogens is 496 g/mol. The van der Waals surface area contributed by atoms with Gasteiger partial charge in [-0.25, -0.2) is 0 Å². The third kappa shape index (κ3) is 7.30. The van der Waals surface area contributed by atoms with E-state index in [1.165, 1.54) is 29.2 Å². The van der Waals surface area contributed by atoms with Gasteiger partial charge in [-0.05, 0) is 42.2 Å². The minimum absolute atomic E-state index is 0.0973. The number of rotatable bonds is 13. The number of non-ortho nitro benzene ring substituents is 1. The number of nitrogens with one attached hydrogen (secondary N) is 1. The lowest BCUT2D eigenvalue weighted by atomic mass is 10.1. The number of carbonyl (C=O) groups excluding carboxylic acids is 2. The number of para-hydroxylation sites is 1. The molecule has 0 spiro atoms. The summed E-state index contributed by atoms with van der Waals surface area (Å²) in [6.07, 6.45) is 3.18. The van der Waals surface area contributed by atoms with Crippen molar-refractivity contribution in [2.75, 3.05) is 33.4 Å². The highest BCUT2D eigenvalue weighted by Gasteiger charge is 2.23. The molecular formula is C30H32N4O5. The predicted octanol–water partition coefficient (Wildman–Crippen LogP) is 4.83. The van der Waals surface area contributed by atoms with Crippen molar-refractivity contribution in [3.8, 4) is 0 Å². The van der Waals surface area contributed by atoms with Crippen LogP contribution in [-0.2, 0) is 22.5 Å². The molecule has 9 heteroatoms. The van der Waals surface area contributed by atoms with E-state index in [1.807, 2.05) is 54.7 Å². The molecule has 1 heterocycles. The van der Waals surface area contributed by atoms with Gasteiger partial charge in [0.25, 0.3) is 11.6 Å². The van der Waals surface area contributed by atoms with E-state index in [0.29, 0.717) is 44.6 Å². The average Bonchev–Trinajstić information content (AvgIpc) is 3.38. The fraction of sp³-hybridized carbons (Fsp3) is 0.267. The molecule has 0 fully saturated rings.